The number of hydrogen-bond acceptors (Lipinski definition) is 4. The van der Waals surface area contributed by atoms with Crippen molar-refractivity contribution < 1.29 is 23.1 Å². The number of carbonyl (C=O) groups excluding carboxylic acids is 1. The molecule has 0 bridgehead atoms. The van der Waals surface area contributed by atoms with Gasteiger partial charge in [-0.05, 0) is 37.7 Å². The Balaban J connectivity index is 2.02. The van der Waals surface area contributed by atoms with Crippen LogP contribution in [0.1, 0.15) is 6.42 Å². The standard InChI is InChI=1S/C12H14N2O5S/c1-13-20(18,19)8-4-2-7(3-5-8)14-11(15)9-6-10(9)12(16)17/h2-5,9-10,13H,6H2,1H3,(H,14,15)(H,16,17). The first-order valence-corrected chi connectivity index (χ1v) is 7.41. The van der Waals surface area contributed by atoms with Crippen LogP contribution >= 0.6 is 0 Å². The second kappa shape index (κ2) is 5.22. The van der Waals surface area contributed by atoms with Crippen LogP contribution < -0.4 is 10.0 Å². The number of sulfonamides is 1. The lowest BCUT2D eigenvalue weighted by atomic mass is 10.2. The Morgan fingerprint density at radius 2 is 1.80 bits per heavy atom. The van der Waals surface area contributed by atoms with E-state index in [2.05, 4.69) is 10.0 Å². The van der Waals surface area contributed by atoms with Gasteiger partial charge in [-0.15, -0.1) is 0 Å². The molecule has 108 valence electrons. The van der Waals surface area contributed by atoms with Crippen LogP contribution in [0.5, 0.6) is 0 Å². The lowest BCUT2D eigenvalue weighted by molar-refractivity contribution is -0.139. The number of anilines is 1. The van der Waals surface area contributed by atoms with Gasteiger partial charge < -0.3 is 10.4 Å². The van der Waals surface area contributed by atoms with Gasteiger partial charge in [-0.2, -0.15) is 0 Å². The number of carboxylic acid groups (broad SMARTS) is 1. The Morgan fingerprint density at radius 1 is 1.20 bits per heavy atom. The molecule has 8 heteroatoms. The van der Waals surface area contributed by atoms with Crippen LogP contribution in [0.25, 0.3) is 0 Å². The highest BCUT2D eigenvalue weighted by Gasteiger charge is 2.48. The summed E-state index contributed by atoms with van der Waals surface area (Å²) < 4.78 is 25.2. The molecule has 1 aromatic rings. The first-order valence-electron chi connectivity index (χ1n) is 5.92. The predicted octanol–water partition coefficient (Wildman–Crippen LogP) is 0.254. The second-order valence-corrected chi connectivity index (χ2v) is 6.39. The van der Waals surface area contributed by atoms with E-state index in [-0.39, 0.29) is 10.8 Å². The Morgan fingerprint density at radius 3 is 2.25 bits per heavy atom. The summed E-state index contributed by atoms with van der Waals surface area (Å²) in [6.07, 6.45) is 0.341. The smallest absolute Gasteiger partial charge is 0.307 e. The normalized spacial score (nSPS) is 21.2. The zero-order valence-corrected chi connectivity index (χ0v) is 11.5. The third-order valence-electron chi connectivity index (χ3n) is 3.15. The van der Waals surface area contributed by atoms with Crippen LogP contribution in [-0.4, -0.2) is 32.4 Å². The van der Waals surface area contributed by atoms with Crippen molar-refractivity contribution in [3.63, 3.8) is 0 Å². The van der Waals surface area contributed by atoms with Crippen LogP contribution in [0.3, 0.4) is 0 Å². The molecule has 1 fully saturated rings. The fourth-order valence-electron chi connectivity index (χ4n) is 1.83. The molecule has 0 radical (unpaired) electrons. The van der Waals surface area contributed by atoms with E-state index in [1.807, 2.05) is 0 Å². The number of benzene rings is 1. The first-order chi connectivity index (χ1) is 9.35. The minimum absolute atomic E-state index is 0.0906. The molecule has 1 amide bonds. The minimum Gasteiger partial charge on any atom is -0.481 e. The molecule has 0 aromatic heterocycles. The molecule has 1 aromatic carbocycles. The van der Waals surface area contributed by atoms with Crippen molar-refractivity contribution in [2.24, 2.45) is 11.8 Å². The van der Waals surface area contributed by atoms with Crippen LogP contribution in [-0.2, 0) is 19.6 Å². The summed E-state index contributed by atoms with van der Waals surface area (Å²) in [5.41, 5.74) is 0.432. The van der Waals surface area contributed by atoms with Crippen molar-refractivity contribution in [3.05, 3.63) is 24.3 Å². The second-order valence-electron chi connectivity index (χ2n) is 4.51. The van der Waals surface area contributed by atoms with E-state index in [1.165, 1.54) is 31.3 Å². The lowest BCUT2D eigenvalue weighted by Crippen LogP contribution is -2.19. The molecule has 1 saturated carbocycles. The minimum atomic E-state index is -3.51. The number of carboxylic acids is 1. The van der Waals surface area contributed by atoms with Gasteiger partial charge in [0, 0.05) is 5.69 Å². The lowest BCUT2D eigenvalue weighted by Gasteiger charge is -2.06. The highest BCUT2D eigenvalue weighted by Crippen LogP contribution is 2.39. The summed E-state index contributed by atoms with van der Waals surface area (Å²) >= 11 is 0. The molecule has 3 N–H and O–H groups in total. The Bertz CT molecular complexity index is 638. The molecular weight excluding hydrogens is 284 g/mol. The maximum absolute atomic E-state index is 11.7. The van der Waals surface area contributed by atoms with Crippen molar-refractivity contribution in [1.82, 2.24) is 4.72 Å². The van der Waals surface area contributed by atoms with E-state index in [0.717, 1.165) is 0 Å². The molecule has 2 rings (SSSR count). The van der Waals surface area contributed by atoms with E-state index in [4.69, 9.17) is 5.11 Å². The molecule has 0 aliphatic heterocycles. The number of amides is 1. The summed E-state index contributed by atoms with van der Waals surface area (Å²) in [4.78, 5) is 22.5. The van der Waals surface area contributed by atoms with Gasteiger partial charge in [-0.25, -0.2) is 13.1 Å². The third-order valence-corrected chi connectivity index (χ3v) is 4.58. The number of aliphatic carboxylic acids is 1. The van der Waals surface area contributed by atoms with Crippen LogP contribution in [0, 0.1) is 11.8 Å². The molecule has 20 heavy (non-hydrogen) atoms. The van der Waals surface area contributed by atoms with Gasteiger partial charge in [0.1, 0.15) is 0 Å². The summed E-state index contributed by atoms with van der Waals surface area (Å²) in [5.74, 6) is -2.45. The fraction of sp³-hybridized carbons (Fsp3) is 0.333. The highest BCUT2D eigenvalue weighted by atomic mass is 32.2. The van der Waals surface area contributed by atoms with Crippen molar-refractivity contribution in [3.8, 4) is 0 Å². The summed E-state index contributed by atoms with van der Waals surface area (Å²) in [7, 11) is -2.20. The van der Waals surface area contributed by atoms with E-state index >= 15 is 0 Å². The Hall–Kier alpha value is -1.93. The number of hydrogen-bond donors (Lipinski definition) is 3. The van der Waals surface area contributed by atoms with Crippen LogP contribution in [0.2, 0.25) is 0 Å². The largest absolute Gasteiger partial charge is 0.481 e. The van der Waals surface area contributed by atoms with E-state index in [9.17, 15) is 18.0 Å². The molecular formula is C12H14N2O5S. The van der Waals surface area contributed by atoms with E-state index in [0.29, 0.717) is 12.1 Å². The van der Waals surface area contributed by atoms with Crippen molar-refractivity contribution >= 4 is 27.6 Å². The van der Waals surface area contributed by atoms with Crippen LogP contribution in [0.4, 0.5) is 5.69 Å². The third kappa shape index (κ3) is 2.97. The van der Waals surface area contributed by atoms with Gasteiger partial charge >= 0.3 is 5.97 Å². The molecule has 7 nitrogen and oxygen atoms in total. The molecule has 0 heterocycles. The van der Waals surface area contributed by atoms with Gasteiger partial charge in [0.15, 0.2) is 0 Å². The molecule has 1 aliphatic rings. The number of nitrogens with one attached hydrogen (secondary N) is 2. The Kier molecular flexibility index (Phi) is 3.78. The van der Waals surface area contributed by atoms with E-state index in [1.54, 1.807) is 0 Å². The monoisotopic (exact) mass is 298 g/mol. The van der Waals surface area contributed by atoms with Crippen molar-refractivity contribution in [2.45, 2.75) is 11.3 Å². The summed E-state index contributed by atoms with van der Waals surface area (Å²) in [6.45, 7) is 0. The van der Waals surface area contributed by atoms with Gasteiger partial charge in [0.2, 0.25) is 15.9 Å². The number of rotatable bonds is 5. The van der Waals surface area contributed by atoms with Gasteiger partial charge in [0.25, 0.3) is 0 Å². The van der Waals surface area contributed by atoms with Gasteiger partial charge in [0.05, 0.1) is 16.7 Å². The molecule has 2 atom stereocenters. The average molecular weight is 298 g/mol. The molecule has 2 unspecified atom stereocenters. The summed E-state index contributed by atoms with van der Waals surface area (Å²) in [5, 5.41) is 11.3. The fourth-order valence-corrected chi connectivity index (χ4v) is 2.56. The molecule has 0 saturated heterocycles. The quantitative estimate of drug-likeness (QED) is 0.721. The molecule has 1 aliphatic carbocycles. The maximum Gasteiger partial charge on any atom is 0.307 e. The molecule has 0 spiro atoms. The topological polar surface area (TPSA) is 113 Å². The SMILES string of the molecule is CNS(=O)(=O)c1ccc(NC(=O)C2CC2C(=O)O)cc1. The van der Waals surface area contributed by atoms with Crippen molar-refractivity contribution in [2.75, 3.05) is 12.4 Å². The maximum atomic E-state index is 11.7. The van der Waals surface area contributed by atoms with Crippen LogP contribution in [0.15, 0.2) is 29.2 Å². The number of carbonyl (C=O) groups is 2. The zero-order valence-electron chi connectivity index (χ0n) is 10.7. The van der Waals surface area contributed by atoms with Gasteiger partial charge in [-0.3, -0.25) is 9.59 Å². The van der Waals surface area contributed by atoms with Crippen molar-refractivity contribution in [1.29, 1.82) is 0 Å². The summed E-state index contributed by atoms with van der Waals surface area (Å²) in [6, 6.07) is 5.65. The predicted molar refractivity (Wildman–Crippen MR) is 70.6 cm³/mol. The van der Waals surface area contributed by atoms with Gasteiger partial charge in [-0.1, -0.05) is 0 Å². The average Bonchev–Trinajstić information content (AvgIpc) is 3.20. The Labute approximate surface area is 116 Å². The first kappa shape index (κ1) is 14.5. The highest BCUT2D eigenvalue weighted by molar-refractivity contribution is 7.89. The zero-order chi connectivity index (χ0) is 14.9. The van der Waals surface area contributed by atoms with E-state index < -0.39 is 27.8 Å².